The van der Waals surface area contributed by atoms with Gasteiger partial charge in [0.1, 0.15) is 6.61 Å². The minimum atomic E-state index is -0.323. The second kappa shape index (κ2) is 8.42. The maximum absolute atomic E-state index is 10.8. The minimum Gasteiger partial charge on any atom is -0.464 e. The van der Waals surface area contributed by atoms with E-state index in [9.17, 15) is 4.79 Å². The van der Waals surface area contributed by atoms with Crippen LogP contribution in [0.25, 0.3) is 0 Å². The lowest BCUT2D eigenvalue weighted by Gasteiger charge is -2.03. The highest BCUT2D eigenvalue weighted by molar-refractivity contribution is 14.1. The third-order valence-electron chi connectivity index (χ3n) is 0.959. The second-order valence-corrected chi connectivity index (χ2v) is 6.62. The molecule has 0 fully saturated rings. The van der Waals surface area contributed by atoms with E-state index in [-0.39, 0.29) is 12.6 Å². The highest BCUT2D eigenvalue weighted by Gasteiger charge is 2.03. The van der Waals surface area contributed by atoms with Gasteiger partial charge in [0.25, 0.3) is 0 Å². The van der Waals surface area contributed by atoms with E-state index in [1.807, 2.05) is 0 Å². The summed E-state index contributed by atoms with van der Waals surface area (Å²) in [5, 5.41) is 0. The van der Waals surface area contributed by atoms with Gasteiger partial charge in [0.2, 0.25) is 0 Å². The lowest BCUT2D eigenvalue weighted by molar-refractivity contribution is -0.147. The number of hydrogen-bond donors (Lipinski definition) is 0. The van der Waals surface area contributed by atoms with Gasteiger partial charge in [0.05, 0.1) is 15.7 Å². The van der Waals surface area contributed by atoms with Gasteiger partial charge in [-0.1, -0.05) is 0 Å². The smallest absolute Gasteiger partial charge is 0.332 e. The summed E-state index contributed by atoms with van der Waals surface area (Å²) >= 11 is 7.58. The van der Waals surface area contributed by atoms with E-state index in [1.54, 1.807) is 6.92 Å². The van der Waals surface area contributed by atoms with Gasteiger partial charge in [-0.25, -0.2) is 4.79 Å². The van der Waals surface area contributed by atoms with Crippen LogP contribution >= 0.6 is 61.1 Å². The SMILES string of the molecule is CCOC(=O)COC/C(I)=C(/Br)I. The Balaban J connectivity index is 3.57. The van der Waals surface area contributed by atoms with Crippen LogP contribution in [0.5, 0.6) is 0 Å². The van der Waals surface area contributed by atoms with Crippen LogP contribution in [0.15, 0.2) is 6.07 Å². The van der Waals surface area contributed by atoms with Crippen molar-refractivity contribution < 1.29 is 14.3 Å². The van der Waals surface area contributed by atoms with Crippen molar-refractivity contribution in [2.75, 3.05) is 19.8 Å². The molecule has 0 aromatic carbocycles. The zero-order valence-electron chi connectivity index (χ0n) is 6.98. The summed E-state index contributed by atoms with van der Waals surface area (Å²) in [5.41, 5.74) is 0. The van der Waals surface area contributed by atoms with Gasteiger partial charge in [0.15, 0.2) is 0 Å². The summed E-state index contributed by atoms with van der Waals surface area (Å²) < 4.78 is 11.8. The second-order valence-electron chi connectivity index (χ2n) is 1.96. The molecule has 0 N–H and O–H groups in total. The molecule has 0 aliphatic rings. The summed E-state index contributed by atoms with van der Waals surface area (Å²) in [7, 11) is 0. The number of rotatable bonds is 5. The first-order valence-electron chi connectivity index (χ1n) is 3.51. The van der Waals surface area contributed by atoms with Gasteiger partial charge >= 0.3 is 5.97 Å². The molecule has 0 unspecified atom stereocenters. The van der Waals surface area contributed by atoms with Gasteiger partial charge in [-0.3, -0.25) is 0 Å². The number of carbonyl (C=O) groups excluding carboxylic acids is 1. The molecule has 0 atom stereocenters. The van der Waals surface area contributed by atoms with Gasteiger partial charge in [-0.15, -0.1) is 0 Å². The number of halogens is 3. The average Bonchev–Trinajstić information content (AvgIpc) is 2.04. The summed E-state index contributed by atoms with van der Waals surface area (Å²) in [6, 6.07) is 0. The number of carbonyl (C=O) groups is 1. The van der Waals surface area contributed by atoms with Gasteiger partial charge < -0.3 is 9.47 Å². The molecule has 13 heavy (non-hydrogen) atoms. The van der Waals surface area contributed by atoms with E-state index in [0.29, 0.717) is 13.2 Å². The monoisotopic (exact) mass is 474 g/mol. The Morgan fingerprint density at radius 3 is 2.46 bits per heavy atom. The molecular weight excluding hydrogens is 466 g/mol. The Morgan fingerprint density at radius 2 is 2.00 bits per heavy atom. The molecule has 0 radical (unpaired) electrons. The Morgan fingerprint density at radius 1 is 1.38 bits per heavy atom. The standard InChI is InChI=1S/C7H9BrI2O3/c1-2-13-6(11)4-12-3-5(9)7(8)10/h2-4H2,1H3/b7-5+. The molecule has 3 nitrogen and oxygen atoms in total. The van der Waals surface area contributed by atoms with E-state index in [1.165, 1.54) is 0 Å². The Labute approximate surface area is 113 Å². The Bertz CT molecular complexity index is 202. The lowest BCUT2D eigenvalue weighted by Crippen LogP contribution is -2.12. The molecule has 0 saturated heterocycles. The van der Waals surface area contributed by atoms with Crippen LogP contribution in [0.1, 0.15) is 6.92 Å². The van der Waals surface area contributed by atoms with Crippen molar-refractivity contribution in [2.45, 2.75) is 6.92 Å². The molecule has 0 aliphatic heterocycles. The minimum absolute atomic E-state index is 0.0112. The van der Waals surface area contributed by atoms with E-state index < -0.39 is 0 Å². The summed E-state index contributed by atoms with van der Waals surface area (Å²) in [5.74, 6) is -0.323. The van der Waals surface area contributed by atoms with Crippen molar-refractivity contribution in [3.8, 4) is 0 Å². The Hall–Kier alpha value is 1.11. The van der Waals surface area contributed by atoms with Crippen LogP contribution in [0, 0.1) is 0 Å². The molecule has 0 amide bonds. The normalized spacial score (nSPS) is 12.3. The van der Waals surface area contributed by atoms with Crippen LogP contribution in [-0.2, 0) is 14.3 Å². The van der Waals surface area contributed by atoms with Gasteiger partial charge in [-0.05, 0) is 68.0 Å². The van der Waals surface area contributed by atoms with Gasteiger partial charge in [-0.2, -0.15) is 0 Å². The first-order chi connectivity index (χ1) is 6.07. The third-order valence-corrected chi connectivity index (χ3v) is 4.71. The lowest BCUT2D eigenvalue weighted by atomic mass is 10.6. The summed E-state index contributed by atoms with van der Waals surface area (Å²) in [6.07, 6.45) is 0. The van der Waals surface area contributed by atoms with E-state index in [2.05, 4.69) is 65.8 Å². The van der Waals surface area contributed by atoms with Crippen molar-refractivity contribution in [1.82, 2.24) is 0 Å². The van der Waals surface area contributed by atoms with Gasteiger partial charge in [0, 0.05) is 3.58 Å². The zero-order chi connectivity index (χ0) is 10.3. The first-order valence-corrected chi connectivity index (χ1v) is 6.46. The number of ether oxygens (including phenoxy) is 2. The van der Waals surface area contributed by atoms with Crippen molar-refractivity contribution in [2.24, 2.45) is 0 Å². The molecule has 0 aliphatic carbocycles. The van der Waals surface area contributed by atoms with Crippen molar-refractivity contribution in [1.29, 1.82) is 0 Å². The van der Waals surface area contributed by atoms with Crippen molar-refractivity contribution in [3.05, 3.63) is 6.07 Å². The highest BCUT2D eigenvalue weighted by atomic mass is 127. The van der Waals surface area contributed by atoms with Crippen LogP contribution in [0.4, 0.5) is 0 Å². The predicted molar refractivity (Wildman–Crippen MR) is 71.4 cm³/mol. The quantitative estimate of drug-likeness (QED) is 0.454. The largest absolute Gasteiger partial charge is 0.464 e. The topological polar surface area (TPSA) is 35.5 Å². The number of hydrogen-bond acceptors (Lipinski definition) is 3. The van der Waals surface area contributed by atoms with E-state index in [0.717, 1.165) is 6.07 Å². The van der Waals surface area contributed by atoms with Crippen LogP contribution in [-0.4, -0.2) is 25.8 Å². The molecule has 0 saturated carbocycles. The summed E-state index contributed by atoms with van der Waals surface area (Å²) in [4.78, 5) is 10.8. The highest BCUT2D eigenvalue weighted by Crippen LogP contribution is 2.24. The van der Waals surface area contributed by atoms with Crippen molar-refractivity contribution >= 4 is 67.1 Å². The molecule has 0 rings (SSSR count). The molecule has 0 aromatic heterocycles. The fourth-order valence-corrected chi connectivity index (χ4v) is 0.972. The molecule has 0 bridgehead atoms. The Kier molecular flexibility index (Phi) is 9.14. The molecule has 0 spiro atoms. The zero-order valence-corrected chi connectivity index (χ0v) is 12.9. The third kappa shape index (κ3) is 8.13. The van der Waals surface area contributed by atoms with Crippen LogP contribution < -0.4 is 0 Å². The molecule has 76 valence electrons. The van der Waals surface area contributed by atoms with E-state index in [4.69, 9.17) is 4.74 Å². The predicted octanol–water partition coefficient (Wildman–Crippen LogP) is 3.00. The summed E-state index contributed by atoms with van der Waals surface area (Å²) in [6.45, 7) is 2.61. The fraction of sp³-hybridized carbons (Fsp3) is 0.571. The van der Waals surface area contributed by atoms with E-state index >= 15 is 0 Å². The average molecular weight is 475 g/mol. The van der Waals surface area contributed by atoms with Crippen LogP contribution in [0.2, 0.25) is 0 Å². The van der Waals surface area contributed by atoms with Crippen LogP contribution in [0.3, 0.4) is 0 Å². The molecular formula is C7H9BrI2O3. The fourth-order valence-electron chi connectivity index (χ4n) is 0.481. The number of esters is 1. The maximum Gasteiger partial charge on any atom is 0.332 e. The molecule has 0 aromatic rings. The first kappa shape index (κ1) is 14.1. The molecule has 0 heterocycles. The molecule has 6 heteroatoms. The van der Waals surface area contributed by atoms with Crippen molar-refractivity contribution in [3.63, 3.8) is 0 Å². The maximum atomic E-state index is 10.8.